The van der Waals surface area contributed by atoms with Crippen LogP contribution in [0.4, 0.5) is 0 Å². The minimum absolute atomic E-state index is 0.0669. The molecule has 0 saturated heterocycles. The van der Waals surface area contributed by atoms with Crippen molar-refractivity contribution >= 4 is 49.9 Å². The molecule has 0 aliphatic carbocycles. The van der Waals surface area contributed by atoms with E-state index in [1.54, 1.807) is 17.7 Å². The van der Waals surface area contributed by atoms with Crippen LogP contribution in [-0.4, -0.2) is 19.7 Å². The van der Waals surface area contributed by atoms with Gasteiger partial charge < -0.3 is 4.52 Å². The molecule has 4 aromatic rings. The van der Waals surface area contributed by atoms with E-state index in [1.165, 1.54) is 23.1 Å². The van der Waals surface area contributed by atoms with E-state index in [2.05, 4.69) is 31.1 Å². The predicted octanol–water partition coefficient (Wildman–Crippen LogP) is 4.10. The Hall–Kier alpha value is -1.97. The Morgan fingerprint density at radius 2 is 2.16 bits per heavy atom. The van der Waals surface area contributed by atoms with E-state index in [0.29, 0.717) is 33.5 Å². The SMILES string of the molecule is Cn1c(SCc2nc(-c3cc(Br)cs3)no2)nc2ccccc2c1=O. The highest BCUT2D eigenvalue weighted by atomic mass is 79.9. The van der Waals surface area contributed by atoms with Gasteiger partial charge in [0.25, 0.3) is 5.56 Å². The molecule has 126 valence electrons. The lowest BCUT2D eigenvalue weighted by Crippen LogP contribution is -2.19. The van der Waals surface area contributed by atoms with E-state index in [1.807, 2.05) is 29.6 Å². The molecule has 0 aliphatic rings. The third kappa shape index (κ3) is 3.26. The van der Waals surface area contributed by atoms with E-state index >= 15 is 0 Å². The van der Waals surface area contributed by atoms with Crippen LogP contribution in [-0.2, 0) is 12.8 Å². The predicted molar refractivity (Wildman–Crippen MR) is 102 cm³/mol. The zero-order chi connectivity index (χ0) is 17.4. The summed E-state index contributed by atoms with van der Waals surface area (Å²) in [5.74, 6) is 1.50. The van der Waals surface area contributed by atoms with Crippen LogP contribution < -0.4 is 5.56 Å². The minimum Gasteiger partial charge on any atom is -0.338 e. The normalized spacial score (nSPS) is 11.3. The summed E-state index contributed by atoms with van der Waals surface area (Å²) in [5, 5.41) is 7.19. The highest BCUT2D eigenvalue weighted by molar-refractivity contribution is 9.10. The smallest absolute Gasteiger partial charge is 0.261 e. The van der Waals surface area contributed by atoms with Gasteiger partial charge in [0.15, 0.2) is 5.16 Å². The van der Waals surface area contributed by atoms with Gasteiger partial charge in [-0.25, -0.2) is 4.98 Å². The Morgan fingerprint density at radius 3 is 2.96 bits per heavy atom. The summed E-state index contributed by atoms with van der Waals surface area (Å²) in [6, 6.07) is 9.26. The summed E-state index contributed by atoms with van der Waals surface area (Å²) in [6.45, 7) is 0. The molecule has 4 rings (SSSR count). The van der Waals surface area contributed by atoms with E-state index in [0.717, 1.165) is 9.35 Å². The number of halogens is 1. The third-order valence-corrected chi connectivity index (χ3v) is 6.22. The summed E-state index contributed by atoms with van der Waals surface area (Å²) < 4.78 is 7.83. The van der Waals surface area contributed by atoms with Crippen LogP contribution in [0.3, 0.4) is 0 Å². The van der Waals surface area contributed by atoms with Crippen molar-refractivity contribution < 1.29 is 4.52 Å². The standard InChI is InChI=1S/C16H11BrN4O2S2/c1-21-15(22)10-4-2-3-5-11(10)18-16(21)25-8-13-19-14(20-23-13)12-6-9(17)7-24-12/h2-7H,8H2,1H3. The lowest BCUT2D eigenvalue weighted by atomic mass is 10.2. The number of fused-ring (bicyclic) bond motifs is 1. The molecule has 0 saturated carbocycles. The maximum atomic E-state index is 12.4. The Bertz CT molecular complexity index is 1120. The molecule has 0 atom stereocenters. The summed E-state index contributed by atoms with van der Waals surface area (Å²) in [5.41, 5.74) is 0.616. The van der Waals surface area contributed by atoms with Gasteiger partial charge in [0.2, 0.25) is 11.7 Å². The fraction of sp³-hybridized carbons (Fsp3) is 0.125. The number of thiophene rings is 1. The molecule has 0 bridgehead atoms. The number of aromatic nitrogens is 4. The van der Waals surface area contributed by atoms with Crippen LogP contribution >= 0.6 is 39.0 Å². The molecule has 0 aliphatic heterocycles. The molecule has 0 unspecified atom stereocenters. The van der Waals surface area contributed by atoms with Crippen LogP contribution in [0.1, 0.15) is 5.89 Å². The molecular weight excluding hydrogens is 424 g/mol. The highest BCUT2D eigenvalue weighted by Gasteiger charge is 2.13. The van der Waals surface area contributed by atoms with Crippen LogP contribution in [0.2, 0.25) is 0 Å². The maximum absolute atomic E-state index is 12.4. The first-order valence-corrected chi connectivity index (χ1v) is 9.93. The fourth-order valence-electron chi connectivity index (χ4n) is 2.30. The van der Waals surface area contributed by atoms with Crippen molar-refractivity contribution in [3.63, 3.8) is 0 Å². The van der Waals surface area contributed by atoms with Gasteiger partial charge in [-0.05, 0) is 34.1 Å². The van der Waals surface area contributed by atoms with Crippen molar-refractivity contribution in [3.05, 3.63) is 56.4 Å². The Balaban J connectivity index is 1.58. The van der Waals surface area contributed by atoms with Gasteiger partial charge in [-0.3, -0.25) is 9.36 Å². The number of thioether (sulfide) groups is 1. The summed E-state index contributed by atoms with van der Waals surface area (Å²) >= 11 is 6.34. The van der Waals surface area contributed by atoms with Crippen molar-refractivity contribution in [2.45, 2.75) is 10.9 Å². The van der Waals surface area contributed by atoms with E-state index in [4.69, 9.17) is 4.52 Å². The minimum atomic E-state index is -0.0669. The summed E-state index contributed by atoms with van der Waals surface area (Å²) in [7, 11) is 1.71. The van der Waals surface area contributed by atoms with Crippen molar-refractivity contribution in [3.8, 4) is 10.7 Å². The van der Waals surface area contributed by atoms with E-state index in [9.17, 15) is 4.79 Å². The lowest BCUT2D eigenvalue weighted by molar-refractivity contribution is 0.391. The molecule has 3 heterocycles. The first kappa shape index (κ1) is 16.5. The van der Waals surface area contributed by atoms with Gasteiger partial charge in [0.1, 0.15) is 0 Å². The van der Waals surface area contributed by atoms with Crippen molar-refractivity contribution in [2.24, 2.45) is 7.05 Å². The van der Waals surface area contributed by atoms with Crippen LogP contribution in [0.5, 0.6) is 0 Å². The maximum Gasteiger partial charge on any atom is 0.261 e. The second-order valence-corrected chi connectivity index (χ2v) is 7.97. The topological polar surface area (TPSA) is 73.8 Å². The number of benzene rings is 1. The molecule has 9 heteroatoms. The Morgan fingerprint density at radius 1 is 1.32 bits per heavy atom. The number of nitrogens with zero attached hydrogens (tertiary/aromatic N) is 4. The first-order chi connectivity index (χ1) is 12.1. The molecule has 3 aromatic heterocycles. The largest absolute Gasteiger partial charge is 0.338 e. The zero-order valence-electron chi connectivity index (χ0n) is 13.0. The van der Waals surface area contributed by atoms with Crippen LogP contribution in [0.25, 0.3) is 21.6 Å². The Kier molecular flexibility index (Phi) is 4.45. The average Bonchev–Trinajstić information content (AvgIpc) is 3.26. The van der Waals surface area contributed by atoms with Crippen molar-refractivity contribution in [1.82, 2.24) is 19.7 Å². The molecule has 0 N–H and O–H groups in total. The van der Waals surface area contributed by atoms with Gasteiger partial charge in [-0.15, -0.1) is 11.3 Å². The molecule has 1 aromatic carbocycles. The van der Waals surface area contributed by atoms with Gasteiger partial charge in [0, 0.05) is 16.9 Å². The number of hydrogen-bond donors (Lipinski definition) is 0. The molecule has 0 fully saturated rings. The summed E-state index contributed by atoms with van der Waals surface area (Å²) in [4.78, 5) is 22.3. The van der Waals surface area contributed by atoms with Crippen molar-refractivity contribution in [2.75, 3.05) is 0 Å². The molecule has 6 nitrogen and oxygen atoms in total. The quantitative estimate of drug-likeness (QED) is 0.355. The summed E-state index contributed by atoms with van der Waals surface area (Å²) in [6.07, 6.45) is 0. The fourth-order valence-corrected chi connectivity index (χ4v) is 4.46. The van der Waals surface area contributed by atoms with Gasteiger partial charge >= 0.3 is 0 Å². The third-order valence-electron chi connectivity index (χ3n) is 3.52. The molecule has 0 spiro atoms. The average molecular weight is 435 g/mol. The lowest BCUT2D eigenvalue weighted by Gasteiger charge is -2.07. The highest BCUT2D eigenvalue weighted by Crippen LogP contribution is 2.28. The van der Waals surface area contributed by atoms with Gasteiger partial charge in [-0.2, -0.15) is 4.98 Å². The van der Waals surface area contributed by atoms with E-state index < -0.39 is 0 Å². The second-order valence-electron chi connectivity index (χ2n) is 5.21. The molecular formula is C16H11BrN4O2S2. The first-order valence-electron chi connectivity index (χ1n) is 7.27. The Labute approximate surface area is 159 Å². The van der Waals surface area contributed by atoms with Gasteiger partial charge in [-0.1, -0.05) is 29.1 Å². The van der Waals surface area contributed by atoms with Gasteiger partial charge in [0.05, 0.1) is 21.5 Å². The number of para-hydroxylation sites is 1. The number of hydrogen-bond acceptors (Lipinski definition) is 7. The van der Waals surface area contributed by atoms with Crippen molar-refractivity contribution in [1.29, 1.82) is 0 Å². The van der Waals surface area contributed by atoms with Crippen LogP contribution in [0, 0.1) is 0 Å². The molecule has 25 heavy (non-hydrogen) atoms. The molecule has 0 radical (unpaired) electrons. The second kappa shape index (κ2) is 6.74. The van der Waals surface area contributed by atoms with Crippen LogP contribution in [0.15, 0.2) is 54.7 Å². The zero-order valence-corrected chi connectivity index (χ0v) is 16.2. The monoisotopic (exact) mass is 434 g/mol. The number of rotatable bonds is 4. The van der Waals surface area contributed by atoms with E-state index in [-0.39, 0.29) is 5.56 Å². The molecule has 0 amide bonds.